The molecule has 2 atom stereocenters. The molecular weight excluding hydrogens is 293 g/mol. The van der Waals surface area contributed by atoms with Crippen molar-refractivity contribution in [2.75, 3.05) is 5.32 Å². The summed E-state index contributed by atoms with van der Waals surface area (Å²) in [5, 5.41) is 3.48. The van der Waals surface area contributed by atoms with Gasteiger partial charge in [-0.1, -0.05) is 20.8 Å². The minimum Gasteiger partial charge on any atom is -0.382 e. The van der Waals surface area contributed by atoms with E-state index in [0.29, 0.717) is 21.8 Å². The van der Waals surface area contributed by atoms with Gasteiger partial charge >= 0.3 is 0 Å². The molecule has 0 bridgehead atoms. The van der Waals surface area contributed by atoms with Gasteiger partial charge in [0.25, 0.3) is 0 Å². The van der Waals surface area contributed by atoms with Gasteiger partial charge in [0.05, 0.1) is 4.47 Å². The summed E-state index contributed by atoms with van der Waals surface area (Å²) in [6, 6.07) is 5.71. The molecule has 100 valence electrons. The van der Waals surface area contributed by atoms with Crippen LogP contribution in [0.3, 0.4) is 0 Å². The fraction of sp³-hybridized carbons (Fsp3) is 0.600. The number of hydrogen-bond acceptors (Lipinski definition) is 1. The standard InChI is InChI=1S/C15H21BrFN/c1-10-9-15(2,3)7-6-14(10)18-11-4-5-12(16)13(17)8-11/h4-5,8,10,14,18H,6-7,9H2,1-3H3. The molecule has 2 unspecified atom stereocenters. The Morgan fingerprint density at radius 1 is 1.39 bits per heavy atom. The SMILES string of the molecule is CC1CC(C)(C)CCC1Nc1ccc(Br)c(F)c1. The predicted molar refractivity (Wildman–Crippen MR) is 78.3 cm³/mol. The van der Waals surface area contributed by atoms with Gasteiger partial charge in [0, 0.05) is 11.7 Å². The first-order valence-electron chi connectivity index (χ1n) is 6.59. The minimum atomic E-state index is -0.205. The first-order valence-corrected chi connectivity index (χ1v) is 7.38. The Hall–Kier alpha value is -0.570. The molecule has 0 amide bonds. The van der Waals surface area contributed by atoms with Crippen molar-refractivity contribution in [3.8, 4) is 0 Å². The first-order chi connectivity index (χ1) is 8.37. The van der Waals surface area contributed by atoms with Crippen LogP contribution in [0.2, 0.25) is 0 Å². The van der Waals surface area contributed by atoms with Gasteiger partial charge in [0.15, 0.2) is 0 Å². The second-order valence-corrected chi connectivity index (χ2v) is 7.12. The highest BCUT2D eigenvalue weighted by molar-refractivity contribution is 9.10. The summed E-state index contributed by atoms with van der Waals surface area (Å²) in [5.74, 6) is 0.421. The lowest BCUT2D eigenvalue weighted by Gasteiger charge is -2.40. The molecule has 1 aromatic carbocycles. The number of rotatable bonds is 2. The van der Waals surface area contributed by atoms with Gasteiger partial charge in [-0.25, -0.2) is 4.39 Å². The third kappa shape index (κ3) is 3.25. The average molecular weight is 314 g/mol. The molecule has 2 rings (SSSR count). The van der Waals surface area contributed by atoms with Crippen LogP contribution < -0.4 is 5.32 Å². The van der Waals surface area contributed by atoms with Gasteiger partial charge in [-0.15, -0.1) is 0 Å². The summed E-state index contributed by atoms with van der Waals surface area (Å²) in [4.78, 5) is 0. The Morgan fingerprint density at radius 3 is 2.72 bits per heavy atom. The molecule has 1 aliphatic rings. The number of halogens is 2. The van der Waals surface area contributed by atoms with Crippen LogP contribution in [0, 0.1) is 17.2 Å². The molecule has 18 heavy (non-hydrogen) atoms. The molecule has 1 aromatic rings. The molecule has 1 aliphatic carbocycles. The second kappa shape index (κ2) is 5.20. The van der Waals surface area contributed by atoms with Crippen molar-refractivity contribution in [3.63, 3.8) is 0 Å². The van der Waals surface area contributed by atoms with Crippen LogP contribution in [0.4, 0.5) is 10.1 Å². The van der Waals surface area contributed by atoms with Crippen LogP contribution in [-0.2, 0) is 0 Å². The van der Waals surface area contributed by atoms with Crippen molar-refractivity contribution in [3.05, 3.63) is 28.5 Å². The molecule has 0 heterocycles. The van der Waals surface area contributed by atoms with Crippen molar-refractivity contribution >= 4 is 21.6 Å². The highest BCUT2D eigenvalue weighted by Crippen LogP contribution is 2.39. The quantitative estimate of drug-likeness (QED) is 0.789. The zero-order valence-electron chi connectivity index (χ0n) is 11.3. The van der Waals surface area contributed by atoms with E-state index in [2.05, 4.69) is 42.0 Å². The van der Waals surface area contributed by atoms with E-state index < -0.39 is 0 Å². The third-order valence-electron chi connectivity index (χ3n) is 3.97. The second-order valence-electron chi connectivity index (χ2n) is 6.26. The molecular formula is C15H21BrFN. The maximum absolute atomic E-state index is 13.5. The lowest BCUT2D eigenvalue weighted by Crippen LogP contribution is -2.36. The van der Waals surface area contributed by atoms with Gasteiger partial charge in [0.1, 0.15) is 5.82 Å². The van der Waals surface area contributed by atoms with Crippen molar-refractivity contribution in [1.29, 1.82) is 0 Å². The zero-order chi connectivity index (χ0) is 13.3. The van der Waals surface area contributed by atoms with E-state index in [9.17, 15) is 4.39 Å². The summed E-state index contributed by atoms with van der Waals surface area (Å²) in [6.45, 7) is 6.95. The monoisotopic (exact) mass is 313 g/mol. The van der Waals surface area contributed by atoms with Crippen LogP contribution in [0.15, 0.2) is 22.7 Å². The highest BCUT2D eigenvalue weighted by atomic mass is 79.9. The third-order valence-corrected chi connectivity index (χ3v) is 4.61. The number of hydrogen-bond donors (Lipinski definition) is 1. The van der Waals surface area contributed by atoms with E-state index in [4.69, 9.17) is 0 Å². The minimum absolute atomic E-state index is 0.205. The lowest BCUT2D eigenvalue weighted by atomic mass is 9.70. The van der Waals surface area contributed by atoms with Gasteiger partial charge < -0.3 is 5.32 Å². The summed E-state index contributed by atoms with van der Waals surface area (Å²) < 4.78 is 14.0. The van der Waals surface area contributed by atoms with Crippen LogP contribution in [0.25, 0.3) is 0 Å². The number of nitrogens with one attached hydrogen (secondary N) is 1. The van der Waals surface area contributed by atoms with E-state index in [0.717, 1.165) is 12.1 Å². The van der Waals surface area contributed by atoms with Crippen LogP contribution >= 0.6 is 15.9 Å². The molecule has 0 aromatic heterocycles. The van der Waals surface area contributed by atoms with Crippen LogP contribution in [-0.4, -0.2) is 6.04 Å². The summed E-state index contributed by atoms with van der Waals surface area (Å²) in [5.41, 5.74) is 1.33. The molecule has 1 fully saturated rings. The first kappa shape index (κ1) is 13.9. The topological polar surface area (TPSA) is 12.0 Å². The van der Waals surface area contributed by atoms with Crippen molar-refractivity contribution in [2.45, 2.75) is 46.1 Å². The average Bonchev–Trinajstić information content (AvgIpc) is 2.27. The van der Waals surface area contributed by atoms with Crippen LogP contribution in [0.5, 0.6) is 0 Å². The van der Waals surface area contributed by atoms with Crippen LogP contribution in [0.1, 0.15) is 40.0 Å². The fourth-order valence-electron chi connectivity index (χ4n) is 2.96. The van der Waals surface area contributed by atoms with Gasteiger partial charge in [-0.3, -0.25) is 0 Å². The Labute approximate surface area is 117 Å². The number of benzene rings is 1. The predicted octanol–water partition coefficient (Wildman–Crippen LogP) is 5.21. The van der Waals surface area contributed by atoms with Crippen molar-refractivity contribution < 1.29 is 4.39 Å². The van der Waals surface area contributed by atoms with Crippen molar-refractivity contribution in [2.24, 2.45) is 11.3 Å². The van der Waals surface area contributed by atoms with Crippen molar-refractivity contribution in [1.82, 2.24) is 0 Å². The maximum Gasteiger partial charge on any atom is 0.139 e. The molecule has 0 spiro atoms. The van der Waals surface area contributed by atoms with Gasteiger partial charge in [0.2, 0.25) is 0 Å². The normalized spacial score (nSPS) is 26.9. The smallest absolute Gasteiger partial charge is 0.139 e. The van der Waals surface area contributed by atoms with Gasteiger partial charge in [-0.05, 0) is 64.7 Å². The van der Waals surface area contributed by atoms with E-state index in [-0.39, 0.29) is 5.82 Å². The fourth-order valence-corrected chi connectivity index (χ4v) is 3.21. The Morgan fingerprint density at radius 2 is 2.11 bits per heavy atom. The van der Waals surface area contributed by atoms with E-state index in [1.165, 1.54) is 12.8 Å². The maximum atomic E-state index is 13.5. The van der Waals surface area contributed by atoms with E-state index >= 15 is 0 Å². The Balaban J connectivity index is 2.03. The Bertz CT molecular complexity index is 431. The lowest BCUT2D eigenvalue weighted by molar-refractivity contribution is 0.177. The highest BCUT2D eigenvalue weighted by Gasteiger charge is 2.32. The summed E-state index contributed by atoms with van der Waals surface area (Å²) in [7, 11) is 0. The molecule has 0 saturated heterocycles. The summed E-state index contributed by atoms with van der Waals surface area (Å²) >= 11 is 3.18. The molecule has 0 aliphatic heterocycles. The van der Waals surface area contributed by atoms with E-state index in [1.807, 2.05) is 6.07 Å². The Kier molecular flexibility index (Phi) is 4.00. The van der Waals surface area contributed by atoms with E-state index in [1.54, 1.807) is 12.1 Å². The molecule has 1 N–H and O–H groups in total. The largest absolute Gasteiger partial charge is 0.382 e. The molecule has 1 nitrogen and oxygen atoms in total. The molecule has 1 saturated carbocycles. The number of anilines is 1. The molecule has 0 radical (unpaired) electrons. The summed E-state index contributed by atoms with van der Waals surface area (Å²) in [6.07, 6.45) is 3.61. The zero-order valence-corrected chi connectivity index (χ0v) is 12.8. The molecule has 3 heteroatoms. The van der Waals surface area contributed by atoms with Gasteiger partial charge in [-0.2, -0.15) is 0 Å².